The summed E-state index contributed by atoms with van der Waals surface area (Å²) < 4.78 is 2.04. The third kappa shape index (κ3) is 3.55. The number of fused-ring (bicyclic) bond motifs is 1. The molecule has 3 aromatic heterocycles. The SMILES string of the molecule is Cc1cc2ncn(Cc3cc(C(=O)NCc4ccncn4)n[nH]3)c2cc1C. The number of aromatic nitrogens is 6. The topological polar surface area (TPSA) is 101 Å². The molecule has 0 atom stereocenters. The molecule has 0 radical (unpaired) electrons. The first-order valence-electron chi connectivity index (χ1n) is 8.59. The number of aryl methyl sites for hydroxylation is 2. The van der Waals surface area contributed by atoms with Crippen LogP contribution >= 0.6 is 0 Å². The second kappa shape index (κ2) is 6.99. The third-order valence-corrected chi connectivity index (χ3v) is 4.51. The minimum atomic E-state index is -0.252. The Kier molecular flexibility index (Phi) is 4.37. The van der Waals surface area contributed by atoms with Gasteiger partial charge in [0.1, 0.15) is 12.0 Å². The molecule has 3 heterocycles. The molecule has 2 N–H and O–H groups in total. The molecule has 4 aromatic rings. The number of nitrogens with one attached hydrogen (secondary N) is 2. The number of amides is 1. The highest BCUT2D eigenvalue weighted by Gasteiger charge is 2.12. The number of nitrogens with zero attached hydrogens (tertiary/aromatic N) is 5. The number of H-pyrrole nitrogens is 1. The maximum Gasteiger partial charge on any atom is 0.272 e. The van der Waals surface area contributed by atoms with Gasteiger partial charge >= 0.3 is 0 Å². The molecule has 136 valence electrons. The Hall–Kier alpha value is -3.55. The fourth-order valence-corrected chi connectivity index (χ4v) is 2.87. The highest BCUT2D eigenvalue weighted by Crippen LogP contribution is 2.19. The molecule has 1 amide bonds. The molecule has 0 saturated heterocycles. The molecule has 0 unspecified atom stereocenters. The van der Waals surface area contributed by atoms with Crippen LogP contribution in [0.15, 0.2) is 43.1 Å². The van der Waals surface area contributed by atoms with E-state index in [-0.39, 0.29) is 5.91 Å². The minimum Gasteiger partial charge on any atom is -0.345 e. The van der Waals surface area contributed by atoms with E-state index in [1.807, 2.05) is 4.57 Å². The van der Waals surface area contributed by atoms with Gasteiger partial charge in [0.15, 0.2) is 0 Å². The zero-order chi connectivity index (χ0) is 18.8. The van der Waals surface area contributed by atoms with E-state index in [1.54, 1.807) is 24.7 Å². The van der Waals surface area contributed by atoms with Crippen molar-refractivity contribution in [3.05, 3.63) is 71.3 Å². The van der Waals surface area contributed by atoms with Crippen LogP contribution in [0.5, 0.6) is 0 Å². The number of rotatable bonds is 5. The third-order valence-electron chi connectivity index (χ3n) is 4.51. The van der Waals surface area contributed by atoms with Crippen molar-refractivity contribution in [2.24, 2.45) is 0 Å². The van der Waals surface area contributed by atoms with Crippen molar-refractivity contribution in [3.8, 4) is 0 Å². The average Bonchev–Trinajstić information content (AvgIpc) is 3.29. The van der Waals surface area contributed by atoms with Crippen molar-refractivity contribution in [2.45, 2.75) is 26.9 Å². The van der Waals surface area contributed by atoms with Gasteiger partial charge in [0.05, 0.1) is 41.8 Å². The first kappa shape index (κ1) is 16.9. The number of aromatic amines is 1. The van der Waals surface area contributed by atoms with E-state index < -0.39 is 0 Å². The molecule has 8 heteroatoms. The normalized spacial score (nSPS) is 11.0. The van der Waals surface area contributed by atoms with Crippen LogP contribution in [0.2, 0.25) is 0 Å². The molecule has 8 nitrogen and oxygen atoms in total. The Bertz CT molecular complexity index is 1100. The average molecular weight is 361 g/mol. The van der Waals surface area contributed by atoms with Crippen LogP contribution in [-0.2, 0) is 13.1 Å². The molecule has 0 saturated carbocycles. The monoisotopic (exact) mass is 361 g/mol. The van der Waals surface area contributed by atoms with E-state index in [0.29, 0.717) is 18.8 Å². The lowest BCUT2D eigenvalue weighted by molar-refractivity contribution is 0.0945. The Morgan fingerprint density at radius 3 is 2.85 bits per heavy atom. The molecule has 0 aliphatic heterocycles. The molecular formula is C19H19N7O. The predicted octanol–water partition coefficient (Wildman–Crippen LogP) is 2.14. The van der Waals surface area contributed by atoms with Crippen molar-refractivity contribution in [2.75, 3.05) is 0 Å². The quantitative estimate of drug-likeness (QED) is 0.567. The second-order valence-electron chi connectivity index (χ2n) is 6.46. The van der Waals surface area contributed by atoms with Gasteiger partial charge in [-0.1, -0.05) is 0 Å². The summed E-state index contributed by atoms with van der Waals surface area (Å²) in [6.07, 6.45) is 4.89. The van der Waals surface area contributed by atoms with Gasteiger partial charge in [0.2, 0.25) is 0 Å². The lowest BCUT2D eigenvalue weighted by atomic mass is 10.1. The summed E-state index contributed by atoms with van der Waals surface area (Å²) in [6, 6.07) is 7.72. The number of hydrogen-bond donors (Lipinski definition) is 2. The number of carbonyl (C=O) groups excluding carboxylic acids is 1. The molecule has 0 bridgehead atoms. The van der Waals surface area contributed by atoms with E-state index in [0.717, 1.165) is 22.4 Å². The summed E-state index contributed by atoms with van der Waals surface area (Å²) in [5.41, 5.74) is 6.37. The summed E-state index contributed by atoms with van der Waals surface area (Å²) in [5.74, 6) is -0.252. The van der Waals surface area contributed by atoms with Crippen molar-refractivity contribution >= 4 is 16.9 Å². The van der Waals surface area contributed by atoms with Crippen molar-refractivity contribution in [1.82, 2.24) is 35.0 Å². The standard InChI is InChI=1S/C19H19N7O/c1-12-5-16-18(6-13(12)2)26(11-23-16)9-15-7-17(25-24-15)19(27)21-8-14-3-4-20-10-22-14/h3-7,10-11H,8-9H2,1-2H3,(H,21,27)(H,24,25). The maximum absolute atomic E-state index is 12.3. The van der Waals surface area contributed by atoms with Gasteiger partial charge in [-0.25, -0.2) is 15.0 Å². The van der Waals surface area contributed by atoms with Gasteiger partial charge in [0.25, 0.3) is 5.91 Å². The largest absolute Gasteiger partial charge is 0.345 e. The molecule has 4 rings (SSSR count). The summed E-state index contributed by atoms with van der Waals surface area (Å²) in [4.78, 5) is 24.7. The lowest BCUT2D eigenvalue weighted by Gasteiger charge is -2.04. The van der Waals surface area contributed by atoms with Crippen LogP contribution in [0.1, 0.15) is 33.0 Å². The fraction of sp³-hybridized carbons (Fsp3) is 0.211. The van der Waals surface area contributed by atoms with Crippen LogP contribution in [0.3, 0.4) is 0 Å². The van der Waals surface area contributed by atoms with Gasteiger partial charge in [-0.3, -0.25) is 9.89 Å². The van der Waals surface area contributed by atoms with Crippen LogP contribution in [0.4, 0.5) is 0 Å². The molecule has 1 aromatic carbocycles. The zero-order valence-electron chi connectivity index (χ0n) is 15.1. The smallest absolute Gasteiger partial charge is 0.272 e. The van der Waals surface area contributed by atoms with E-state index in [1.165, 1.54) is 17.5 Å². The molecule has 0 spiro atoms. The van der Waals surface area contributed by atoms with Gasteiger partial charge in [-0.05, 0) is 49.2 Å². The second-order valence-corrected chi connectivity index (χ2v) is 6.46. The number of benzene rings is 1. The van der Waals surface area contributed by atoms with E-state index in [4.69, 9.17) is 0 Å². The van der Waals surface area contributed by atoms with Crippen molar-refractivity contribution in [1.29, 1.82) is 0 Å². The first-order chi connectivity index (χ1) is 13.1. The van der Waals surface area contributed by atoms with E-state index in [9.17, 15) is 4.79 Å². The van der Waals surface area contributed by atoms with Crippen LogP contribution in [0, 0.1) is 13.8 Å². The van der Waals surface area contributed by atoms with E-state index in [2.05, 4.69) is 56.4 Å². The number of carbonyl (C=O) groups is 1. The molecule has 27 heavy (non-hydrogen) atoms. The van der Waals surface area contributed by atoms with Crippen LogP contribution < -0.4 is 5.32 Å². The summed E-state index contributed by atoms with van der Waals surface area (Å²) in [7, 11) is 0. The van der Waals surface area contributed by atoms with Gasteiger partial charge in [-0.15, -0.1) is 0 Å². The van der Waals surface area contributed by atoms with Gasteiger partial charge in [-0.2, -0.15) is 5.10 Å². The Morgan fingerprint density at radius 1 is 1.19 bits per heavy atom. The molecule has 0 aliphatic carbocycles. The predicted molar refractivity (Wildman–Crippen MR) is 100 cm³/mol. The van der Waals surface area contributed by atoms with Crippen LogP contribution in [0.25, 0.3) is 11.0 Å². The Morgan fingerprint density at radius 2 is 2.04 bits per heavy atom. The van der Waals surface area contributed by atoms with Gasteiger partial charge in [0, 0.05) is 6.20 Å². The fourth-order valence-electron chi connectivity index (χ4n) is 2.87. The first-order valence-corrected chi connectivity index (χ1v) is 8.59. The minimum absolute atomic E-state index is 0.252. The number of imidazole rings is 1. The highest BCUT2D eigenvalue weighted by molar-refractivity contribution is 5.92. The summed E-state index contributed by atoms with van der Waals surface area (Å²) in [6.45, 7) is 5.05. The summed E-state index contributed by atoms with van der Waals surface area (Å²) in [5, 5.41) is 9.85. The Balaban J connectivity index is 1.46. The van der Waals surface area contributed by atoms with Crippen LogP contribution in [-0.4, -0.2) is 35.6 Å². The van der Waals surface area contributed by atoms with E-state index >= 15 is 0 Å². The molecular weight excluding hydrogens is 342 g/mol. The maximum atomic E-state index is 12.3. The summed E-state index contributed by atoms with van der Waals surface area (Å²) >= 11 is 0. The van der Waals surface area contributed by atoms with Crippen molar-refractivity contribution < 1.29 is 4.79 Å². The molecule has 0 aliphatic rings. The highest BCUT2D eigenvalue weighted by atomic mass is 16.1. The van der Waals surface area contributed by atoms with Crippen molar-refractivity contribution in [3.63, 3.8) is 0 Å². The van der Waals surface area contributed by atoms with Gasteiger partial charge < -0.3 is 9.88 Å². The lowest BCUT2D eigenvalue weighted by Crippen LogP contribution is -2.23. The number of hydrogen-bond acceptors (Lipinski definition) is 5. The Labute approximate surface area is 155 Å². The molecule has 0 fully saturated rings. The zero-order valence-corrected chi connectivity index (χ0v) is 15.1.